The molecule has 8 heteroatoms. The van der Waals surface area contributed by atoms with E-state index in [1.165, 1.54) is 17.1 Å². The fourth-order valence-electron chi connectivity index (χ4n) is 3.14. The van der Waals surface area contributed by atoms with E-state index in [1.54, 1.807) is 0 Å². The summed E-state index contributed by atoms with van der Waals surface area (Å²) in [6.07, 6.45) is 5.53. The van der Waals surface area contributed by atoms with Gasteiger partial charge in [0, 0.05) is 18.6 Å². The minimum absolute atomic E-state index is 0.000743. The second-order valence-electron chi connectivity index (χ2n) is 5.33. The van der Waals surface area contributed by atoms with Crippen molar-refractivity contribution in [2.45, 2.75) is 37.9 Å². The fourth-order valence-corrected chi connectivity index (χ4v) is 3.14. The molecule has 3 heterocycles. The van der Waals surface area contributed by atoms with E-state index in [2.05, 4.69) is 10.4 Å². The molecule has 2 atom stereocenters. The first-order valence-corrected chi connectivity index (χ1v) is 6.84. The minimum atomic E-state index is -0.506. The molecule has 0 aliphatic carbocycles. The Morgan fingerprint density at radius 2 is 2.25 bits per heavy atom. The third-order valence-electron chi connectivity index (χ3n) is 4.07. The topological polar surface area (TPSA) is 93.3 Å². The van der Waals surface area contributed by atoms with E-state index in [9.17, 15) is 14.9 Å². The van der Waals surface area contributed by atoms with Crippen LogP contribution in [-0.4, -0.2) is 50.7 Å². The molecular formula is C12H17N5O3. The fraction of sp³-hybridized carbons (Fsp3) is 0.667. The third-order valence-corrected chi connectivity index (χ3v) is 4.07. The number of aromatic nitrogens is 2. The van der Waals surface area contributed by atoms with Crippen molar-refractivity contribution in [3.63, 3.8) is 0 Å². The average molecular weight is 279 g/mol. The Morgan fingerprint density at radius 1 is 1.45 bits per heavy atom. The summed E-state index contributed by atoms with van der Waals surface area (Å²) in [6, 6.07) is 0.550. The molecule has 2 fully saturated rings. The second kappa shape index (κ2) is 5.20. The molecule has 2 aliphatic rings. The zero-order valence-corrected chi connectivity index (χ0v) is 11.1. The van der Waals surface area contributed by atoms with Crippen molar-refractivity contribution in [2.24, 2.45) is 0 Å². The highest BCUT2D eigenvalue weighted by Gasteiger charge is 2.37. The molecule has 108 valence electrons. The van der Waals surface area contributed by atoms with Gasteiger partial charge in [0.2, 0.25) is 5.91 Å². The molecule has 1 aromatic heterocycles. The molecular weight excluding hydrogens is 262 g/mol. The van der Waals surface area contributed by atoms with E-state index in [1.807, 2.05) is 4.90 Å². The number of fused-ring (bicyclic) bond motifs is 2. The van der Waals surface area contributed by atoms with Gasteiger partial charge in [0.1, 0.15) is 18.9 Å². The summed E-state index contributed by atoms with van der Waals surface area (Å²) in [6.45, 7) is 1.85. The molecule has 20 heavy (non-hydrogen) atoms. The molecule has 2 saturated heterocycles. The third kappa shape index (κ3) is 2.38. The van der Waals surface area contributed by atoms with E-state index in [0.717, 1.165) is 32.4 Å². The van der Waals surface area contributed by atoms with Crippen molar-refractivity contribution >= 4 is 11.6 Å². The lowest BCUT2D eigenvalue weighted by atomic mass is 10.1. The zero-order valence-electron chi connectivity index (χ0n) is 11.1. The smallest absolute Gasteiger partial charge is 0.307 e. The number of hydrogen-bond donors (Lipinski definition) is 1. The largest absolute Gasteiger partial charge is 0.334 e. The van der Waals surface area contributed by atoms with Crippen molar-refractivity contribution in [3.8, 4) is 0 Å². The maximum absolute atomic E-state index is 12.4. The summed E-state index contributed by atoms with van der Waals surface area (Å²) in [7, 11) is 0. The van der Waals surface area contributed by atoms with E-state index in [0.29, 0.717) is 6.04 Å². The molecule has 0 aromatic carbocycles. The van der Waals surface area contributed by atoms with Gasteiger partial charge in [0.25, 0.3) is 0 Å². The lowest BCUT2D eigenvalue weighted by Gasteiger charge is -2.27. The molecule has 1 N–H and O–H groups in total. The van der Waals surface area contributed by atoms with E-state index >= 15 is 0 Å². The van der Waals surface area contributed by atoms with Gasteiger partial charge in [-0.05, 0) is 25.8 Å². The highest BCUT2D eigenvalue weighted by Crippen LogP contribution is 2.28. The number of hydrogen-bond acceptors (Lipinski definition) is 5. The molecule has 2 bridgehead atoms. The lowest BCUT2D eigenvalue weighted by Crippen LogP contribution is -2.44. The van der Waals surface area contributed by atoms with Crippen LogP contribution in [0.1, 0.15) is 19.3 Å². The number of rotatable bonds is 3. The van der Waals surface area contributed by atoms with Crippen molar-refractivity contribution in [1.29, 1.82) is 0 Å². The van der Waals surface area contributed by atoms with Crippen molar-refractivity contribution in [2.75, 3.05) is 13.1 Å². The van der Waals surface area contributed by atoms with Gasteiger partial charge in [0.15, 0.2) is 0 Å². The first-order chi connectivity index (χ1) is 9.65. The summed E-state index contributed by atoms with van der Waals surface area (Å²) >= 11 is 0. The summed E-state index contributed by atoms with van der Waals surface area (Å²) in [5.74, 6) is -0.000743. The van der Waals surface area contributed by atoms with Gasteiger partial charge in [-0.25, -0.2) is 0 Å². The lowest BCUT2D eigenvalue weighted by molar-refractivity contribution is -0.385. The van der Waals surface area contributed by atoms with Gasteiger partial charge in [-0.2, -0.15) is 5.10 Å². The second-order valence-corrected chi connectivity index (χ2v) is 5.33. The predicted octanol–water partition coefficient (Wildman–Crippen LogP) is 0.144. The Hall–Kier alpha value is -1.96. The summed E-state index contributed by atoms with van der Waals surface area (Å²) in [4.78, 5) is 24.5. The Kier molecular flexibility index (Phi) is 3.39. The molecule has 0 radical (unpaired) electrons. The van der Waals surface area contributed by atoms with Gasteiger partial charge in [0.05, 0.1) is 4.92 Å². The highest BCUT2D eigenvalue weighted by atomic mass is 16.6. The average Bonchev–Trinajstić information content (AvgIpc) is 2.93. The van der Waals surface area contributed by atoms with Gasteiger partial charge < -0.3 is 10.2 Å². The van der Waals surface area contributed by atoms with Crippen LogP contribution >= 0.6 is 0 Å². The Balaban J connectivity index is 1.70. The van der Waals surface area contributed by atoms with Crippen molar-refractivity contribution in [3.05, 3.63) is 22.5 Å². The number of nitro groups is 1. The molecule has 2 unspecified atom stereocenters. The number of nitrogens with zero attached hydrogens (tertiary/aromatic N) is 4. The van der Waals surface area contributed by atoms with E-state index < -0.39 is 4.92 Å². The van der Waals surface area contributed by atoms with E-state index in [-0.39, 0.29) is 24.2 Å². The van der Waals surface area contributed by atoms with Gasteiger partial charge in [-0.15, -0.1) is 0 Å². The number of amides is 1. The van der Waals surface area contributed by atoms with Crippen LogP contribution in [0.4, 0.5) is 5.69 Å². The highest BCUT2D eigenvalue weighted by molar-refractivity contribution is 5.77. The Labute approximate surface area is 115 Å². The normalized spacial score (nSPS) is 25.5. The van der Waals surface area contributed by atoms with Crippen LogP contribution in [0.3, 0.4) is 0 Å². The SMILES string of the molecule is O=C(Cn1cc([N+](=O)[O-])cn1)N1C2CCNCC1CC2. The quantitative estimate of drug-likeness (QED) is 0.627. The number of carbonyl (C=O) groups is 1. The van der Waals surface area contributed by atoms with Crippen molar-refractivity contribution < 1.29 is 9.72 Å². The molecule has 1 aromatic rings. The zero-order chi connectivity index (χ0) is 14.1. The van der Waals surface area contributed by atoms with Crippen LogP contribution < -0.4 is 5.32 Å². The molecule has 8 nitrogen and oxygen atoms in total. The van der Waals surface area contributed by atoms with Crippen LogP contribution in [0.2, 0.25) is 0 Å². The predicted molar refractivity (Wildman–Crippen MR) is 70.0 cm³/mol. The molecule has 1 amide bonds. The number of nitrogens with one attached hydrogen (secondary N) is 1. The first-order valence-electron chi connectivity index (χ1n) is 6.84. The van der Waals surface area contributed by atoms with E-state index in [4.69, 9.17) is 0 Å². The van der Waals surface area contributed by atoms with Crippen LogP contribution in [-0.2, 0) is 11.3 Å². The van der Waals surface area contributed by atoms with Gasteiger partial charge in [-0.3, -0.25) is 19.6 Å². The van der Waals surface area contributed by atoms with Crippen LogP contribution in [0.15, 0.2) is 12.4 Å². The van der Waals surface area contributed by atoms with Gasteiger partial charge in [-0.1, -0.05) is 0 Å². The minimum Gasteiger partial charge on any atom is -0.334 e. The Morgan fingerprint density at radius 3 is 3.00 bits per heavy atom. The standard InChI is InChI=1S/C12H17N5O3/c18-12(8-15-7-11(6-14-15)17(19)20)16-9-1-2-10(16)5-13-4-3-9/h6-7,9-10,13H,1-5,8H2. The molecule has 3 rings (SSSR count). The number of carbonyl (C=O) groups excluding carboxylic acids is 1. The molecule has 0 spiro atoms. The van der Waals surface area contributed by atoms with Crippen LogP contribution in [0.25, 0.3) is 0 Å². The molecule has 0 saturated carbocycles. The van der Waals surface area contributed by atoms with Crippen LogP contribution in [0, 0.1) is 10.1 Å². The van der Waals surface area contributed by atoms with Crippen LogP contribution in [0.5, 0.6) is 0 Å². The first kappa shape index (κ1) is 13.0. The maximum Gasteiger partial charge on any atom is 0.307 e. The summed E-state index contributed by atoms with van der Waals surface area (Å²) in [5.41, 5.74) is -0.0849. The monoisotopic (exact) mass is 279 g/mol. The maximum atomic E-state index is 12.4. The van der Waals surface area contributed by atoms with Gasteiger partial charge >= 0.3 is 5.69 Å². The molecule has 2 aliphatic heterocycles. The van der Waals surface area contributed by atoms with Crippen molar-refractivity contribution in [1.82, 2.24) is 20.0 Å². The summed E-state index contributed by atoms with van der Waals surface area (Å²) in [5, 5.41) is 17.8. The summed E-state index contributed by atoms with van der Waals surface area (Å²) < 4.78 is 1.35. The Bertz CT molecular complexity index is 515.